The summed E-state index contributed by atoms with van der Waals surface area (Å²) >= 11 is 17.4. The molecule has 0 fully saturated rings. The van der Waals surface area contributed by atoms with E-state index in [4.69, 9.17) is 28.9 Å². The molecule has 0 bridgehead atoms. The summed E-state index contributed by atoms with van der Waals surface area (Å²) in [6.45, 7) is 1.87. The van der Waals surface area contributed by atoms with Crippen molar-refractivity contribution < 1.29 is 0 Å². The molecule has 0 aliphatic heterocycles. The van der Waals surface area contributed by atoms with Crippen molar-refractivity contribution in [3.63, 3.8) is 0 Å². The van der Waals surface area contributed by atoms with Crippen molar-refractivity contribution >= 4 is 56.6 Å². The zero-order valence-corrected chi connectivity index (χ0v) is 14.0. The summed E-state index contributed by atoms with van der Waals surface area (Å²) in [5.74, 6) is 0.660. The molecule has 2 nitrogen and oxygen atoms in total. The Labute approximate surface area is 134 Å². The summed E-state index contributed by atoms with van der Waals surface area (Å²) < 4.78 is 0.963. The van der Waals surface area contributed by atoms with E-state index in [0.717, 1.165) is 26.3 Å². The Morgan fingerprint density at radius 3 is 2.68 bits per heavy atom. The Balaban J connectivity index is 2.19. The smallest absolute Gasteiger partial charge is 0.134 e. The summed E-state index contributed by atoms with van der Waals surface area (Å²) in [7, 11) is 0. The van der Waals surface area contributed by atoms with Crippen molar-refractivity contribution in [3.05, 3.63) is 50.2 Å². The van der Waals surface area contributed by atoms with Gasteiger partial charge in [0, 0.05) is 37.1 Å². The van der Waals surface area contributed by atoms with Crippen LogP contribution < -0.4 is 5.73 Å². The lowest BCUT2D eigenvalue weighted by molar-refractivity contribution is 1.16. The van der Waals surface area contributed by atoms with Gasteiger partial charge in [0.2, 0.25) is 0 Å². The second-order valence-corrected chi connectivity index (χ2v) is 6.63. The predicted octanol–water partition coefficient (Wildman–Crippen LogP) is 5.33. The molecule has 0 atom stereocenters. The molecule has 1 aromatic carbocycles. The van der Waals surface area contributed by atoms with Crippen LogP contribution in [0.15, 0.2) is 33.6 Å². The number of nitrogens with two attached hydrogens (primary N) is 1. The molecule has 0 aliphatic rings. The molecular weight excluding hydrogens is 367 g/mol. The van der Waals surface area contributed by atoms with Gasteiger partial charge in [0.25, 0.3) is 0 Å². The highest BCUT2D eigenvalue weighted by Crippen LogP contribution is 2.35. The Bertz CT molecular complexity index is 597. The minimum absolute atomic E-state index is 0.462. The Hall–Kier alpha value is -0.420. The number of nitrogen functional groups attached to an aromatic ring is 1. The summed E-state index contributed by atoms with van der Waals surface area (Å²) in [6, 6.07) is 7.53. The molecular formula is C13H11BrCl2N2S. The van der Waals surface area contributed by atoms with Gasteiger partial charge in [-0.25, -0.2) is 4.98 Å². The summed E-state index contributed by atoms with van der Waals surface area (Å²) in [4.78, 5) is 5.30. The average Bonchev–Trinajstić information content (AvgIpc) is 2.30. The first-order chi connectivity index (χ1) is 8.97. The predicted molar refractivity (Wildman–Crippen MR) is 87.1 cm³/mol. The second-order valence-electron chi connectivity index (χ2n) is 3.99. The highest BCUT2D eigenvalue weighted by atomic mass is 79.9. The van der Waals surface area contributed by atoms with Crippen molar-refractivity contribution in [2.24, 2.45) is 0 Å². The van der Waals surface area contributed by atoms with Crippen LogP contribution in [0.25, 0.3) is 0 Å². The van der Waals surface area contributed by atoms with E-state index in [1.165, 1.54) is 0 Å². The molecule has 19 heavy (non-hydrogen) atoms. The van der Waals surface area contributed by atoms with E-state index < -0.39 is 0 Å². The van der Waals surface area contributed by atoms with Gasteiger partial charge in [-0.2, -0.15) is 0 Å². The largest absolute Gasteiger partial charge is 0.399 e. The maximum Gasteiger partial charge on any atom is 0.134 e. The van der Waals surface area contributed by atoms with Gasteiger partial charge in [0.1, 0.15) is 5.15 Å². The standard InChI is InChI=1S/C13H11BrCl2N2S/c1-7-4-11(15)9(13(16)18-7)6-19-12-3-2-8(17)5-10(12)14/h2-5H,6,17H2,1H3. The highest BCUT2D eigenvalue weighted by Gasteiger charge is 2.10. The van der Waals surface area contributed by atoms with Gasteiger partial charge in [-0.3, -0.25) is 0 Å². The number of halogens is 3. The van der Waals surface area contributed by atoms with Crippen molar-refractivity contribution in [1.82, 2.24) is 4.98 Å². The van der Waals surface area contributed by atoms with Crippen LogP contribution >= 0.6 is 50.9 Å². The fourth-order valence-corrected chi connectivity index (χ4v) is 4.05. The molecule has 0 amide bonds. The molecule has 0 unspecified atom stereocenters. The molecule has 1 aromatic heterocycles. The Kier molecular flexibility index (Phi) is 5.01. The molecule has 6 heteroatoms. The summed E-state index contributed by atoms with van der Waals surface area (Å²) in [5, 5.41) is 1.11. The maximum absolute atomic E-state index is 6.20. The van der Waals surface area contributed by atoms with Crippen LogP contribution in [-0.4, -0.2) is 4.98 Å². The Morgan fingerprint density at radius 1 is 1.32 bits per heavy atom. The lowest BCUT2D eigenvalue weighted by atomic mass is 10.3. The van der Waals surface area contributed by atoms with Crippen LogP contribution in [0.2, 0.25) is 10.2 Å². The van der Waals surface area contributed by atoms with Gasteiger partial charge in [-0.1, -0.05) is 23.2 Å². The van der Waals surface area contributed by atoms with E-state index in [-0.39, 0.29) is 0 Å². The van der Waals surface area contributed by atoms with Gasteiger partial charge in [0.15, 0.2) is 0 Å². The zero-order valence-electron chi connectivity index (χ0n) is 10.1. The van der Waals surface area contributed by atoms with Crippen LogP contribution in [0.1, 0.15) is 11.3 Å². The van der Waals surface area contributed by atoms with Crippen LogP contribution in [-0.2, 0) is 5.75 Å². The topological polar surface area (TPSA) is 38.9 Å². The minimum atomic E-state index is 0.462. The van der Waals surface area contributed by atoms with Gasteiger partial charge in [-0.05, 0) is 47.1 Å². The van der Waals surface area contributed by atoms with Gasteiger partial charge >= 0.3 is 0 Å². The number of hydrogen-bond acceptors (Lipinski definition) is 3. The first-order valence-electron chi connectivity index (χ1n) is 5.46. The SMILES string of the molecule is Cc1cc(Cl)c(CSc2ccc(N)cc2Br)c(Cl)n1. The number of aryl methyl sites for hydroxylation is 1. The van der Waals surface area contributed by atoms with Crippen molar-refractivity contribution in [2.75, 3.05) is 5.73 Å². The van der Waals surface area contributed by atoms with Crippen LogP contribution in [0.4, 0.5) is 5.69 Å². The molecule has 100 valence electrons. The van der Waals surface area contributed by atoms with E-state index in [1.54, 1.807) is 11.8 Å². The molecule has 2 N–H and O–H groups in total. The number of thioether (sulfide) groups is 1. The summed E-state index contributed by atoms with van der Waals surface area (Å²) in [6.07, 6.45) is 0. The molecule has 0 saturated heterocycles. The third kappa shape index (κ3) is 3.78. The molecule has 0 aliphatic carbocycles. The Morgan fingerprint density at radius 2 is 2.05 bits per heavy atom. The van der Waals surface area contributed by atoms with Crippen LogP contribution in [0.5, 0.6) is 0 Å². The fourth-order valence-electron chi connectivity index (χ4n) is 1.54. The van der Waals surface area contributed by atoms with Gasteiger partial charge in [-0.15, -0.1) is 11.8 Å². The van der Waals surface area contributed by atoms with E-state index >= 15 is 0 Å². The maximum atomic E-state index is 6.20. The van der Waals surface area contributed by atoms with E-state index in [9.17, 15) is 0 Å². The lowest BCUT2D eigenvalue weighted by Crippen LogP contribution is -1.92. The first kappa shape index (κ1) is 15.0. The number of anilines is 1. The number of benzene rings is 1. The molecule has 0 saturated carbocycles. The number of rotatable bonds is 3. The number of hydrogen-bond donors (Lipinski definition) is 1. The van der Waals surface area contributed by atoms with Crippen LogP contribution in [0, 0.1) is 6.92 Å². The molecule has 2 rings (SSSR count). The third-order valence-corrected chi connectivity index (χ3v) is 5.14. The lowest BCUT2D eigenvalue weighted by Gasteiger charge is -2.09. The normalized spacial score (nSPS) is 10.7. The average molecular weight is 378 g/mol. The quantitative estimate of drug-likeness (QED) is 0.446. The second kappa shape index (κ2) is 6.35. The number of pyridine rings is 1. The minimum Gasteiger partial charge on any atom is -0.399 e. The fraction of sp³-hybridized carbons (Fsp3) is 0.154. The highest BCUT2D eigenvalue weighted by molar-refractivity contribution is 9.10. The molecule has 0 spiro atoms. The van der Waals surface area contributed by atoms with Crippen molar-refractivity contribution in [2.45, 2.75) is 17.6 Å². The summed E-state index contributed by atoms with van der Waals surface area (Å²) in [5.41, 5.74) is 8.10. The van der Waals surface area contributed by atoms with Crippen molar-refractivity contribution in [3.8, 4) is 0 Å². The molecule has 2 aromatic rings. The van der Waals surface area contributed by atoms with Crippen molar-refractivity contribution in [1.29, 1.82) is 0 Å². The van der Waals surface area contributed by atoms with Gasteiger partial charge < -0.3 is 5.73 Å². The molecule has 0 radical (unpaired) electrons. The van der Waals surface area contributed by atoms with Crippen LogP contribution in [0.3, 0.4) is 0 Å². The third-order valence-electron chi connectivity index (χ3n) is 2.48. The van der Waals surface area contributed by atoms with E-state index in [1.807, 2.05) is 31.2 Å². The molecule has 1 heterocycles. The number of nitrogens with zero attached hydrogens (tertiary/aromatic N) is 1. The first-order valence-corrected chi connectivity index (χ1v) is 8.00. The van der Waals surface area contributed by atoms with E-state index in [2.05, 4.69) is 20.9 Å². The zero-order chi connectivity index (χ0) is 14.0. The number of aromatic nitrogens is 1. The van der Waals surface area contributed by atoms with E-state index in [0.29, 0.717) is 15.9 Å². The van der Waals surface area contributed by atoms with Gasteiger partial charge in [0.05, 0.1) is 0 Å². The monoisotopic (exact) mass is 376 g/mol.